The average molecular weight is 365 g/mol. The minimum absolute atomic E-state index is 0.00351. The van der Waals surface area contributed by atoms with Crippen molar-refractivity contribution in [2.75, 3.05) is 5.75 Å². The quantitative estimate of drug-likeness (QED) is 0.738. The van der Waals surface area contributed by atoms with E-state index in [4.69, 9.17) is 14.2 Å². The number of hydrogen-bond acceptors (Lipinski definition) is 6. The lowest BCUT2D eigenvalue weighted by Gasteiger charge is -2.37. The molecule has 2 heterocycles. The zero-order valence-electron chi connectivity index (χ0n) is 15.1. The molecule has 0 radical (unpaired) electrons. The molecule has 1 aromatic rings. The van der Waals surface area contributed by atoms with E-state index in [1.807, 2.05) is 12.1 Å². The Morgan fingerprint density at radius 3 is 2.92 bits per heavy atom. The normalized spacial score (nSPS) is 32.6. The number of thioether (sulfide) groups is 1. The first-order chi connectivity index (χ1) is 12.0. The minimum atomic E-state index is -0.612. The van der Waals surface area contributed by atoms with E-state index in [2.05, 4.69) is 25.8 Å². The standard InChI is InChI=1S/C19H27NO4S/c1-12(2)14-8-7-13(3)10-15(14)22-18(21)19-24-17(11-25-19)23-16-6-4-5-9-20-16/h4-6,9,12-15,17,19H,7-8,10-11H2,1-3H3. The number of carbonyl (C=O) groups excluding carboxylic acids is 1. The van der Waals surface area contributed by atoms with Crippen LogP contribution in [0.3, 0.4) is 0 Å². The highest BCUT2D eigenvalue weighted by atomic mass is 32.2. The maximum absolute atomic E-state index is 12.5. The molecule has 1 saturated heterocycles. The molecule has 2 aliphatic rings. The van der Waals surface area contributed by atoms with Gasteiger partial charge in [0.2, 0.25) is 17.6 Å². The van der Waals surface area contributed by atoms with Gasteiger partial charge in [-0.3, -0.25) is 0 Å². The molecule has 1 saturated carbocycles. The summed E-state index contributed by atoms with van der Waals surface area (Å²) >= 11 is 1.43. The highest BCUT2D eigenvalue weighted by Crippen LogP contribution is 2.36. The van der Waals surface area contributed by atoms with Crippen molar-refractivity contribution in [3.63, 3.8) is 0 Å². The Hall–Kier alpha value is -1.27. The number of ether oxygens (including phenoxy) is 3. The zero-order valence-corrected chi connectivity index (χ0v) is 15.9. The van der Waals surface area contributed by atoms with Gasteiger partial charge in [0.05, 0.1) is 5.75 Å². The third-order valence-electron chi connectivity index (χ3n) is 4.97. The number of rotatable bonds is 5. The minimum Gasteiger partial charge on any atom is -0.459 e. The van der Waals surface area contributed by atoms with Crippen LogP contribution in [0.2, 0.25) is 0 Å². The van der Waals surface area contributed by atoms with Crippen LogP contribution in [0.4, 0.5) is 0 Å². The van der Waals surface area contributed by atoms with Crippen LogP contribution in [0.25, 0.3) is 0 Å². The Balaban J connectivity index is 1.53. The summed E-state index contributed by atoms with van der Waals surface area (Å²) in [5.74, 6) is 2.37. The number of hydrogen-bond donors (Lipinski definition) is 0. The first-order valence-corrected chi connectivity index (χ1v) is 10.1. The molecule has 6 heteroatoms. The summed E-state index contributed by atoms with van der Waals surface area (Å²) in [5.41, 5.74) is -0.612. The van der Waals surface area contributed by atoms with Gasteiger partial charge >= 0.3 is 5.97 Å². The van der Waals surface area contributed by atoms with Crippen molar-refractivity contribution in [3.05, 3.63) is 24.4 Å². The number of carbonyl (C=O) groups is 1. The van der Waals surface area contributed by atoms with Gasteiger partial charge in [-0.2, -0.15) is 0 Å². The SMILES string of the molecule is CC1CCC(C(C)C)C(OC(=O)C2OC(Oc3ccccn3)CS2)C1. The summed E-state index contributed by atoms with van der Waals surface area (Å²) in [6.07, 6.45) is 4.48. The van der Waals surface area contributed by atoms with Crippen molar-refractivity contribution in [3.8, 4) is 5.88 Å². The number of esters is 1. The summed E-state index contributed by atoms with van der Waals surface area (Å²) in [6, 6.07) is 5.45. The Bertz CT molecular complexity index is 568. The van der Waals surface area contributed by atoms with Gasteiger partial charge in [0.1, 0.15) is 6.10 Å². The molecule has 5 atom stereocenters. The Kier molecular flexibility index (Phi) is 6.23. The lowest BCUT2D eigenvalue weighted by molar-refractivity contribution is -0.170. The average Bonchev–Trinajstić information content (AvgIpc) is 3.04. The Labute approximate surface area is 153 Å². The van der Waals surface area contributed by atoms with Gasteiger partial charge < -0.3 is 14.2 Å². The Morgan fingerprint density at radius 1 is 1.36 bits per heavy atom. The number of nitrogens with zero attached hydrogens (tertiary/aromatic N) is 1. The third kappa shape index (κ3) is 4.88. The van der Waals surface area contributed by atoms with Gasteiger partial charge in [0.15, 0.2) is 0 Å². The van der Waals surface area contributed by atoms with Crippen molar-refractivity contribution in [2.24, 2.45) is 17.8 Å². The first-order valence-electron chi connectivity index (χ1n) is 9.08. The number of aromatic nitrogens is 1. The second-order valence-corrected chi connectivity index (χ2v) is 8.41. The van der Waals surface area contributed by atoms with E-state index in [0.717, 1.165) is 12.8 Å². The van der Waals surface area contributed by atoms with Crippen LogP contribution in [0.15, 0.2) is 24.4 Å². The largest absolute Gasteiger partial charge is 0.459 e. The van der Waals surface area contributed by atoms with E-state index < -0.39 is 11.7 Å². The first kappa shape index (κ1) is 18.5. The lowest BCUT2D eigenvalue weighted by atomic mass is 9.75. The van der Waals surface area contributed by atoms with Crippen LogP contribution >= 0.6 is 11.8 Å². The predicted molar refractivity (Wildman–Crippen MR) is 97.2 cm³/mol. The molecule has 3 rings (SSSR count). The molecule has 5 unspecified atom stereocenters. The molecule has 1 aliphatic carbocycles. The summed E-state index contributed by atoms with van der Waals surface area (Å²) < 4.78 is 17.2. The van der Waals surface area contributed by atoms with E-state index in [1.54, 1.807) is 12.3 Å². The molecule has 1 aromatic heterocycles. The van der Waals surface area contributed by atoms with Crippen LogP contribution in [-0.4, -0.2) is 34.5 Å². The molecule has 0 bridgehead atoms. The highest BCUT2D eigenvalue weighted by molar-refractivity contribution is 8.00. The summed E-state index contributed by atoms with van der Waals surface area (Å²) in [6.45, 7) is 6.65. The predicted octanol–water partition coefficient (Wildman–Crippen LogP) is 3.88. The van der Waals surface area contributed by atoms with Gasteiger partial charge in [-0.15, -0.1) is 11.8 Å². The monoisotopic (exact) mass is 365 g/mol. The van der Waals surface area contributed by atoms with E-state index in [9.17, 15) is 4.79 Å². The molecular weight excluding hydrogens is 338 g/mol. The molecule has 25 heavy (non-hydrogen) atoms. The van der Waals surface area contributed by atoms with Crippen LogP contribution in [0, 0.1) is 17.8 Å². The summed E-state index contributed by atoms with van der Waals surface area (Å²) in [7, 11) is 0. The highest BCUT2D eigenvalue weighted by Gasteiger charge is 2.38. The molecule has 1 aliphatic heterocycles. The van der Waals surface area contributed by atoms with Crippen molar-refractivity contribution < 1.29 is 19.0 Å². The second-order valence-electron chi connectivity index (χ2n) is 7.32. The molecule has 5 nitrogen and oxygen atoms in total. The van der Waals surface area contributed by atoms with Gasteiger partial charge in [-0.25, -0.2) is 9.78 Å². The van der Waals surface area contributed by atoms with Crippen LogP contribution in [-0.2, 0) is 14.3 Å². The van der Waals surface area contributed by atoms with E-state index in [1.165, 1.54) is 18.2 Å². The third-order valence-corrected chi connectivity index (χ3v) is 6.04. The molecular formula is C19H27NO4S. The van der Waals surface area contributed by atoms with Crippen molar-refractivity contribution in [1.29, 1.82) is 0 Å². The fourth-order valence-corrected chi connectivity index (χ4v) is 4.45. The lowest BCUT2D eigenvalue weighted by Crippen LogP contribution is -2.38. The van der Waals surface area contributed by atoms with Crippen molar-refractivity contribution in [2.45, 2.75) is 57.9 Å². The van der Waals surface area contributed by atoms with Crippen molar-refractivity contribution in [1.82, 2.24) is 4.98 Å². The van der Waals surface area contributed by atoms with Gasteiger partial charge in [-0.1, -0.05) is 33.3 Å². The summed E-state index contributed by atoms with van der Waals surface area (Å²) in [5, 5.41) is 0. The molecule has 0 spiro atoms. The van der Waals surface area contributed by atoms with E-state index in [-0.39, 0.29) is 12.1 Å². The smallest absolute Gasteiger partial charge is 0.346 e. The molecule has 0 amide bonds. The second kappa shape index (κ2) is 8.41. The van der Waals surface area contributed by atoms with Gasteiger partial charge in [0.25, 0.3) is 0 Å². The van der Waals surface area contributed by atoms with E-state index >= 15 is 0 Å². The van der Waals surface area contributed by atoms with Gasteiger partial charge in [-0.05, 0) is 36.7 Å². The van der Waals surface area contributed by atoms with Gasteiger partial charge in [0, 0.05) is 12.3 Å². The van der Waals surface area contributed by atoms with Crippen LogP contribution in [0.5, 0.6) is 5.88 Å². The molecule has 0 N–H and O–H groups in total. The fourth-order valence-electron chi connectivity index (χ4n) is 3.57. The number of pyridine rings is 1. The molecule has 138 valence electrons. The maximum atomic E-state index is 12.5. The van der Waals surface area contributed by atoms with E-state index in [0.29, 0.717) is 29.4 Å². The topological polar surface area (TPSA) is 57.7 Å². The van der Waals surface area contributed by atoms with Crippen LogP contribution in [0.1, 0.15) is 40.0 Å². The van der Waals surface area contributed by atoms with Crippen LogP contribution < -0.4 is 4.74 Å². The Morgan fingerprint density at radius 2 is 2.20 bits per heavy atom. The van der Waals surface area contributed by atoms with Crippen molar-refractivity contribution >= 4 is 17.7 Å². The molecule has 0 aromatic carbocycles. The fraction of sp³-hybridized carbons (Fsp3) is 0.684. The molecule has 2 fully saturated rings. The zero-order chi connectivity index (χ0) is 17.8. The maximum Gasteiger partial charge on any atom is 0.346 e. The summed E-state index contributed by atoms with van der Waals surface area (Å²) in [4.78, 5) is 16.7.